The van der Waals surface area contributed by atoms with Gasteiger partial charge in [0.2, 0.25) is 0 Å². The zero-order chi connectivity index (χ0) is 55.4. The van der Waals surface area contributed by atoms with Gasteiger partial charge in [0.15, 0.2) is 0 Å². The van der Waals surface area contributed by atoms with Crippen molar-refractivity contribution in [3.8, 4) is 0 Å². The van der Waals surface area contributed by atoms with Crippen molar-refractivity contribution >= 4 is 135 Å². The van der Waals surface area contributed by atoms with E-state index in [-0.39, 0.29) is 6.07 Å². The van der Waals surface area contributed by atoms with Crippen LogP contribution in [0.1, 0.15) is 41.4 Å². The molecule has 6 rings (SSSR count). The number of anilines is 4. The highest BCUT2D eigenvalue weighted by Gasteiger charge is 2.30. The first-order chi connectivity index (χ1) is 33.9. The number of carbonyl (C=O) groups excluding carboxylic acids is 4. The summed E-state index contributed by atoms with van der Waals surface area (Å²) in [5, 5.41) is 15.0. The molecule has 0 aliphatic heterocycles. The fourth-order valence-electron chi connectivity index (χ4n) is 6.94. The van der Waals surface area contributed by atoms with E-state index < -0.39 is 186 Å². The number of aromatic carboxylic acids is 1. The molecule has 0 spiro atoms. The van der Waals surface area contributed by atoms with Gasteiger partial charge in [-0.1, -0.05) is 0 Å². The predicted molar refractivity (Wildman–Crippen MR) is 251 cm³/mol. The smallest absolute Gasteiger partial charge is 0.337 e. The second-order valence-electron chi connectivity index (χ2n) is 14.8. The van der Waals surface area contributed by atoms with Crippen LogP contribution >= 0.6 is 0 Å². The topological polar surface area (TPSA) is 478 Å². The van der Waals surface area contributed by atoms with Crippen molar-refractivity contribution in [2.75, 3.05) is 35.5 Å². The van der Waals surface area contributed by atoms with Crippen molar-refractivity contribution in [2.45, 2.75) is 29.4 Å². The average Bonchev–Trinajstić information content (AvgIpc) is 3.28. The fraction of sp³-hybridized carbons (Fsp3) is 0.0513. The lowest BCUT2D eigenvalue weighted by Crippen LogP contribution is -2.22. The minimum atomic E-state index is -5.58. The first-order valence-electron chi connectivity index (χ1n) is 19.2. The first-order valence-corrected chi connectivity index (χ1v) is 27.8. The van der Waals surface area contributed by atoms with Crippen molar-refractivity contribution in [1.29, 1.82) is 0 Å². The van der Waals surface area contributed by atoms with Gasteiger partial charge in [0.25, 0.3) is 72.5 Å². The lowest BCUT2D eigenvalue weighted by atomic mass is 10.1. The molecule has 0 radical (unpaired) electrons. The van der Waals surface area contributed by atoms with Crippen LogP contribution < -0.4 is 21.3 Å². The Morgan fingerprint density at radius 2 is 0.811 bits per heavy atom. The molecule has 0 fully saturated rings. The zero-order valence-electron chi connectivity index (χ0n) is 36.5. The summed E-state index contributed by atoms with van der Waals surface area (Å²) in [6.07, 6.45) is 0. The Morgan fingerprint density at radius 1 is 0.432 bits per heavy atom. The van der Waals surface area contributed by atoms with E-state index in [1.165, 1.54) is 0 Å². The van der Waals surface area contributed by atoms with Gasteiger partial charge in [0.1, 0.15) is 19.6 Å². The summed E-state index contributed by atoms with van der Waals surface area (Å²) < 4.78 is 207. The molecule has 0 heterocycles. The fourth-order valence-corrected chi connectivity index (χ4v) is 11.2. The van der Waals surface area contributed by atoms with Gasteiger partial charge in [0, 0.05) is 44.0 Å². The molecule has 29 nitrogen and oxygen atoms in total. The largest absolute Gasteiger partial charge is 0.478 e. The Bertz CT molecular complexity index is 4200. The van der Waals surface area contributed by atoms with Crippen LogP contribution in [-0.4, -0.2) is 122 Å². The number of rotatable bonds is 15. The Kier molecular flexibility index (Phi) is 14.9. The third-order valence-corrected chi connectivity index (χ3v) is 15.7. The molecule has 0 bridgehead atoms. The third-order valence-electron chi connectivity index (χ3n) is 10.0. The molecule has 0 unspecified atom stereocenters. The summed E-state index contributed by atoms with van der Waals surface area (Å²) in [5.41, 5.74) is -4.66. The summed E-state index contributed by atoms with van der Waals surface area (Å²) in [5.74, 6) is -5.48. The van der Waals surface area contributed by atoms with Crippen LogP contribution in [-0.2, 0) is 69.6 Å². The number of amides is 4. The molecule has 0 atom stereocenters. The van der Waals surface area contributed by atoms with Crippen LogP contribution in [0.25, 0.3) is 21.5 Å². The minimum Gasteiger partial charge on any atom is -0.478 e. The van der Waals surface area contributed by atoms with Crippen molar-refractivity contribution in [3.63, 3.8) is 0 Å². The number of nitrogens with one attached hydrogen (secondary N) is 4. The molecule has 6 aromatic rings. The SMILES string of the molecule is COC(=O)c1cc(NC(=O)Nc2cc(C(=O)O)cc(C(=O)Nc3ccc(S(=O)(=O)O)c4cc(S(=O)(=O)O)cc(S(=O)(=O)O)c34)c2)cc(C(=O)Nc2ccc(S(=O)(=O)O)c3cc(S(=O)(=O)O)cc(S(=O)(=O)OC)c23)c1. The lowest BCUT2D eigenvalue weighted by Gasteiger charge is -2.16. The van der Waals surface area contributed by atoms with E-state index in [4.69, 9.17) is 4.74 Å². The van der Waals surface area contributed by atoms with Gasteiger partial charge in [-0.15, -0.1) is 0 Å². The van der Waals surface area contributed by atoms with E-state index in [1.54, 1.807) is 0 Å². The second-order valence-corrected chi connectivity index (χ2v) is 23.5. The van der Waals surface area contributed by atoms with E-state index >= 15 is 0 Å². The molecule has 10 N–H and O–H groups in total. The van der Waals surface area contributed by atoms with Crippen molar-refractivity contribution in [3.05, 3.63) is 107 Å². The molecule has 0 saturated heterocycles. The van der Waals surface area contributed by atoms with Gasteiger partial charge >= 0.3 is 18.0 Å². The highest BCUT2D eigenvalue weighted by Crippen LogP contribution is 2.39. The average molecular weight is 1150 g/mol. The molecular weight excluding hydrogens is 1120 g/mol. The summed E-state index contributed by atoms with van der Waals surface area (Å²) in [7, 11) is -30.4. The van der Waals surface area contributed by atoms with Crippen molar-refractivity contribution < 1.29 is 111 Å². The predicted octanol–water partition coefficient (Wildman–Crippen LogP) is 3.20. The van der Waals surface area contributed by atoms with Crippen LogP contribution in [0, 0.1) is 0 Å². The summed E-state index contributed by atoms with van der Waals surface area (Å²) >= 11 is 0. The monoisotopic (exact) mass is 1150 g/mol. The number of carboxylic acid groups (broad SMARTS) is 1. The number of benzene rings is 6. The van der Waals surface area contributed by atoms with Gasteiger partial charge in [-0.25, -0.2) is 14.4 Å². The van der Waals surface area contributed by atoms with Gasteiger partial charge < -0.3 is 31.1 Å². The molecule has 4 amide bonds. The normalized spacial score (nSPS) is 12.5. The van der Waals surface area contributed by atoms with Gasteiger partial charge in [-0.05, 0) is 84.9 Å². The minimum absolute atomic E-state index is 0.188. The third kappa shape index (κ3) is 11.9. The molecule has 74 heavy (non-hydrogen) atoms. The van der Waals surface area contributed by atoms with Crippen LogP contribution in [0.2, 0.25) is 0 Å². The number of carboxylic acids is 1. The number of esters is 1. The highest BCUT2D eigenvalue weighted by molar-refractivity contribution is 7.88. The van der Waals surface area contributed by atoms with Crippen LogP contribution in [0.5, 0.6) is 0 Å². The maximum Gasteiger partial charge on any atom is 0.337 e. The quantitative estimate of drug-likeness (QED) is 0.0401. The lowest BCUT2D eigenvalue weighted by molar-refractivity contribution is 0.0599. The van der Waals surface area contributed by atoms with E-state index in [2.05, 4.69) is 25.5 Å². The number of ether oxygens (including phenoxy) is 1. The molecule has 392 valence electrons. The molecule has 6 aromatic carbocycles. The summed E-state index contributed by atoms with van der Waals surface area (Å²) in [6, 6.07) is 7.79. The number of methoxy groups -OCH3 is 1. The molecule has 0 saturated carbocycles. The van der Waals surface area contributed by atoms with Gasteiger partial charge in [-0.3, -0.25) is 36.5 Å². The Hall–Kier alpha value is -7.55. The van der Waals surface area contributed by atoms with E-state index in [0.717, 1.165) is 49.6 Å². The van der Waals surface area contributed by atoms with E-state index in [0.29, 0.717) is 43.5 Å². The van der Waals surface area contributed by atoms with Gasteiger partial charge in [-0.2, -0.15) is 50.5 Å². The second kappa shape index (κ2) is 19.7. The maximum absolute atomic E-state index is 13.9. The van der Waals surface area contributed by atoms with Crippen molar-refractivity contribution in [1.82, 2.24) is 0 Å². The first kappa shape index (κ1) is 55.8. The van der Waals surface area contributed by atoms with Crippen LogP contribution in [0.4, 0.5) is 27.5 Å². The molecule has 0 aliphatic carbocycles. The van der Waals surface area contributed by atoms with Crippen molar-refractivity contribution in [2.24, 2.45) is 0 Å². The maximum atomic E-state index is 13.9. The number of hydrogen-bond donors (Lipinski definition) is 10. The molecule has 35 heteroatoms. The van der Waals surface area contributed by atoms with Crippen LogP contribution in [0.15, 0.2) is 114 Å². The molecule has 0 aliphatic rings. The number of carbonyl (C=O) groups is 5. The Balaban J connectivity index is 1.38. The van der Waals surface area contributed by atoms with Crippen LogP contribution in [0.3, 0.4) is 0 Å². The molecular formula is C39H30N4O25S6. The number of hydrogen-bond acceptors (Lipinski definition) is 19. The van der Waals surface area contributed by atoms with Gasteiger partial charge in [0.05, 0.1) is 46.5 Å². The number of fused-ring (bicyclic) bond motifs is 2. The summed E-state index contributed by atoms with van der Waals surface area (Å²) in [4.78, 5) is 58.7. The Labute approximate surface area is 416 Å². The highest BCUT2D eigenvalue weighted by atomic mass is 32.2. The zero-order valence-corrected chi connectivity index (χ0v) is 41.4. The Morgan fingerprint density at radius 3 is 1.19 bits per heavy atom. The summed E-state index contributed by atoms with van der Waals surface area (Å²) in [6.45, 7) is 0. The molecule has 0 aromatic heterocycles. The van der Waals surface area contributed by atoms with E-state index in [1.807, 2.05) is 0 Å². The van der Waals surface area contributed by atoms with E-state index in [9.17, 15) is 102 Å². The standard InChI is InChI=1S/C39H30N4O25S6/c1-67-38(48)20-8-18(36(45)43-28-4-6-30(72(59,60)61)26-14-24(70(53,54)55)16-32(34(26)28)74(65,66)68-2)10-22(12-20)41-39(49)40-21-9-17(7-19(11-21)37(46)47)35(44)42-27-3-5-29(71(56,57)58)25-13-23(69(50,51)52)15-31(33(25)27)73(62,63)64/h3-16H,1-2H3,(H,42,44)(H,43,45)(H,46,47)(H2,40,41,49)(H,50,51,52)(H,53,54,55)(H,56,57,58)(H,59,60,61)(H,62,63,64). The number of urea groups is 1.